The van der Waals surface area contributed by atoms with Crippen LogP contribution in [0.5, 0.6) is 0 Å². The number of nitrogens with zero attached hydrogens (tertiary/aromatic N) is 4. The lowest BCUT2D eigenvalue weighted by molar-refractivity contribution is 0.101. The Balaban J connectivity index is 2.68. The summed E-state index contributed by atoms with van der Waals surface area (Å²) in [5.41, 5.74) is 0.388. The zero-order valence-corrected chi connectivity index (χ0v) is 9.86. The molecular formula is C10H8ClFN4O. The van der Waals surface area contributed by atoms with Crippen LogP contribution in [0.15, 0.2) is 12.3 Å². The number of halogens is 2. The number of Topliss-reactive ketones (excluding diaryl/α,β-unsaturated/α-hetero) is 1. The van der Waals surface area contributed by atoms with Crippen LogP contribution in [0.3, 0.4) is 0 Å². The Hall–Kier alpha value is -1.82. The minimum Gasteiger partial charge on any atom is -0.293 e. The quantitative estimate of drug-likeness (QED) is 0.606. The van der Waals surface area contributed by atoms with Crippen LogP contribution >= 0.6 is 11.6 Å². The van der Waals surface area contributed by atoms with Gasteiger partial charge in [0.05, 0.1) is 0 Å². The van der Waals surface area contributed by atoms with Crippen LogP contribution < -0.4 is 0 Å². The van der Waals surface area contributed by atoms with Crippen LogP contribution in [0.1, 0.15) is 17.4 Å². The van der Waals surface area contributed by atoms with Gasteiger partial charge >= 0.3 is 0 Å². The van der Waals surface area contributed by atoms with Gasteiger partial charge in [-0.25, -0.2) is 9.37 Å². The predicted molar refractivity (Wildman–Crippen MR) is 59.2 cm³/mol. The van der Waals surface area contributed by atoms with Gasteiger partial charge in [0, 0.05) is 25.7 Å². The first-order valence-corrected chi connectivity index (χ1v) is 5.11. The number of hydrogen-bond acceptors (Lipinski definition) is 4. The van der Waals surface area contributed by atoms with Crippen LogP contribution in [-0.2, 0) is 7.05 Å². The van der Waals surface area contributed by atoms with E-state index < -0.39 is 5.82 Å². The van der Waals surface area contributed by atoms with Crippen molar-refractivity contribution in [2.75, 3.05) is 0 Å². The topological polar surface area (TPSA) is 60.7 Å². The second kappa shape index (κ2) is 4.21. The molecule has 2 heterocycles. The predicted octanol–water partition coefficient (Wildman–Crippen LogP) is 1.87. The Labute approximate surface area is 101 Å². The molecule has 0 spiro atoms. The molecule has 0 amide bonds. The lowest BCUT2D eigenvalue weighted by atomic mass is 10.1. The van der Waals surface area contributed by atoms with Gasteiger partial charge in [0.1, 0.15) is 5.69 Å². The maximum absolute atomic E-state index is 13.8. The van der Waals surface area contributed by atoms with Gasteiger partial charge in [-0.2, -0.15) is 9.90 Å². The number of aromatic nitrogens is 4. The van der Waals surface area contributed by atoms with E-state index in [2.05, 4.69) is 15.2 Å². The van der Waals surface area contributed by atoms with E-state index in [-0.39, 0.29) is 27.9 Å². The standard InChI is InChI=1S/C10H8ClFN4O/c1-5(17)8-9(15-16(2)14-8)6-3-4-13-10(11)7(6)12/h3-4H,1-2H3. The summed E-state index contributed by atoms with van der Waals surface area (Å²) in [5, 5.41) is 7.58. The molecule has 17 heavy (non-hydrogen) atoms. The third-order valence-electron chi connectivity index (χ3n) is 2.15. The van der Waals surface area contributed by atoms with Gasteiger partial charge in [0.25, 0.3) is 0 Å². The van der Waals surface area contributed by atoms with E-state index in [0.29, 0.717) is 0 Å². The van der Waals surface area contributed by atoms with E-state index in [1.54, 1.807) is 7.05 Å². The van der Waals surface area contributed by atoms with Crippen LogP contribution in [-0.4, -0.2) is 25.8 Å². The van der Waals surface area contributed by atoms with Crippen molar-refractivity contribution < 1.29 is 9.18 Å². The van der Waals surface area contributed by atoms with Crippen LogP contribution in [0.2, 0.25) is 5.15 Å². The average molecular weight is 255 g/mol. The third-order valence-corrected chi connectivity index (χ3v) is 2.41. The van der Waals surface area contributed by atoms with E-state index in [1.807, 2.05) is 0 Å². The van der Waals surface area contributed by atoms with E-state index in [9.17, 15) is 9.18 Å². The van der Waals surface area contributed by atoms with Crippen molar-refractivity contribution in [1.29, 1.82) is 0 Å². The highest BCUT2D eigenvalue weighted by molar-refractivity contribution is 6.29. The summed E-state index contributed by atoms with van der Waals surface area (Å²) in [4.78, 5) is 16.2. The van der Waals surface area contributed by atoms with E-state index in [4.69, 9.17) is 11.6 Å². The fourth-order valence-corrected chi connectivity index (χ4v) is 1.58. The lowest BCUT2D eigenvalue weighted by Gasteiger charge is -2.00. The minimum absolute atomic E-state index is 0.105. The van der Waals surface area contributed by atoms with Crippen LogP contribution in [0.25, 0.3) is 11.3 Å². The molecule has 0 saturated carbocycles. The molecule has 0 N–H and O–H groups in total. The Morgan fingerprint density at radius 1 is 1.47 bits per heavy atom. The summed E-state index contributed by atoms with van der Waals surface area (Å²) in [6.45, 7) is 1.34. The maximum atomic E-state index is 13.8. The molecule has 0 fully saturated rings. The van der Waals surface area contributed by atoms with Gasteiger partial charge in [0.15, 0.2) is 22.4 Å². The van der Waals surface area contributed by atoms with Crippen molar-refractivity contribution in [2.24, 2.45) is 7.05 Å². The first-order valence-electron chi connectivity index (χ1n) is 4.73. The monoisotopic (exact) mass is 254 g/mol. The highest BCUT2D eigenvalue weighted by atomic mass is 35.5. The first-order chi connectivity index (χ1) is 8.00. The molecule has 0 aromatic carbocycles. The van der Waals surface area contributed by atoms with Crippen LogP contribution in [0.4, 0.5) is 4.39 Å². The van der Waals surface area contributed by atoms with E-state index >= 15 is 0 Å². The summed E-state index contributed by atoms with van der Waals surface area (Å²) in [5.74, 6) is -1.00. The molecule has 2 aromatic rings. The van der Waals surface area contributed by atoms with E-state index in [1.165, 1.54) is 24.0 Å². The molecule has 0 aliphatic heterocycles. The SMILES string of the molecule is CC(=O)c1nn(C)nc1-c1ccnc(Cl)c1F. The molecule has 0 unspecified atom stereocenters. The molecule has 2 aromatic heterocycles. The van der Waals surface area contributed by atoms with Crippen LogP contribution in [0, 0.1) is 5.82 Å². The van der Waals surface area contributed by atoms with Crippen molar-refractivity contribution in [2.45, 2.75) is 6.92 Å². The van der Waals surface area contributed by atoms with Gasteiger partial charge in [-0.05, 0) is 6.07 Å². The number of carbonyl (C=O) groups is 1. The molecular weight excluding hydrogens is 247 g/mol. The summed E-state index contributed by atoms with van der Waals surface area (Å²) in [7, 11) is 1.55. The Morgan fingerprint density at radius 3 is 2.82 bits per heavy atom. The number of pyridine rings is 1. The summed E-state index contributed by atoms with van der Waals surface area (Å²) in [6.07, 6.45) is 1.35. The van der Waals surface area contributed by atoms with Gasteiger partial charge in [0.2, 0.25) is 0 Å². The molecule has 5 nitrogen and oxygen atoms in total. The van der Waals surface area contributed by atoms with Gasteiger partial charge in [-0.1, -0.05) is 11.6 Å². The molecule has 0 aliphatic rings. The highest BCUT2D eigenvalue weighted by Gasteiger charge is 2.20. The smallest absolute Gasteiger partial charge is 0.182 e. The highest BCUT2D eigenvalue weighted by Crippen LogP contribution is 2.26. The van der Waals surface area contributed by atoms with Crippen molar-refractivity contribution in [3.63, 3.8) is 0 Å². The largest absolute Gasteiger partial charge is 0.293 e. The molecule has 0 aliphatic carbocycles. The fraction of sp³-hybridized carbons (Fsp3) is 0.200. The first kappa shape index (κ1) is 11.7. The minimum atomic E-state index is -0.711. The lowest BCUT2D eigenvalue weighted by Crippen LogP contribution is -1.98. The van der Waals surface area contributed by atoms with Crippen molar-refractivity contribution in [3.8, 4) is 11.3 Å². The summed E-state index contributed by atoms with van der Waals surface area (Å²) >= 11 is 5.58. The number of aryl methyl sites for hydroxylation is 1. The molecule has 0 bridgehead atoms. The molecule has 0 radical (unpaired) electrons. The van der Waals surface area contributed by atoms with E-state index in [0.717, 1.165) is 0 Å². The second-order valence-electron chi connectivity index (χ2n) is 3.41. The number of carbonyl (C=O) groups excluding carboxylic acids is 1. The summed E-state index contributed by atoms with van der Waals surface area (Å²) < 4.78 is 13.8. The van der Waals surface area contributed by atoms with Gasteiger partial charge in [-0.15, -0.1) is 5.10 Å². The molecule has 2 rings (SSSR count). The average Bonchev–Trinajstić information content (AvgIpc) is 2.64. The van der Waals surface area contributed by atoms with Gasteiger partial charge < -0.3 is 0 Å². The molecule has 88 valence electrons. The van der Waals surface area contributed by atoms with Crippen molar-refractivity contribution >= 4 is 17.4 Å². The molecule has 0 atom stereocenters. The van der Waals surface area contributed by atoms with Crippen molar-refractivity contribution in [3.05, 3.63) is 28.9 Å². The molecule has 0 saturated heterocycles. The maximum Gasteiger partial charge on any atom is 0.182 e. The fourth-order valence-electron chi connectivity index (χ4n) is 1.43. The molecule has 7 heteroatoms. The zero-order chi connectivity index (χ0) is 12.6. The second-order valence-corrected chi connectivity index (χ2v) is 3.76. The normalized spacial score (nSPS) is 10.6. The Kier molecular flexibility index (Phi) is 2.89. The third kappa shape index (κ3) is 2.03. The number of rotatable bonds is 2. The number of hydrogen-bond donors (Lipinski definition) is 0. The van der Waals surface area contributed by atoms with Crippen molar-refractivity contribution in [1.82, 2.24) is 20.0 Å². The summed E-state index contributed by atoms with van der Waals surface area (Å²) in [6, 6.07) is 1.40. The Bertz CT molecular complexity index is 596. The van der Waals surface area contributed by atoms with Gasteiger partial charge in [-0.3, -0.25) is 4.79 Å². The zero-order valence-electron chi connectivity index (χ0n) is 9.11. The number of ketones is 1. The Morgan fingerprint density at radius 2 is 2.18 bits per heavy atom.